The molecule has 0 unspecified atom stereocenters. The highest BCUT2D eigenvalue weighted by atomic mass is 32.2. The Bertz CT molecular complexity index is 58.6. The SMILES string of the molecule is C/C=C\SC=O. The number of hydrogen-bond acceptors (Lipinski definition) is 2. The van der Waals surface area contributed by atoms with E-state index in [1.54, 1.807) is 5.41 Å². The lowest BCUT2D eigenvalue weighted by Gasteiger charge is -1.65. The molecule has 0 bridgehead atoms. The first-order valence-corrected chi connectivity index (χ1v) is 2.56. The van der Waals surface area contributed by atoms with Gasteiger partial charge in [0.05, 0.1) is 0 Å². The molecule has 1 nitrogen and oxygen atoms in total. The molecule has 0 saturated heterocycles. The highest BCUT2D eigenvalue weighted by Crippen LogP contribution is 1.91. The number of carbonyl (C=O) groups excluding carboxylic acids is 1. The van der Waals surface area contributed by atoms with Crippen molar-refractivity contribution in [1.82, 2.24) is 0 Å². The Morgan fingerprint density at radius 2 is 2.33 bits per heavy atom. The zero-order valence-corrected chi connectivity index (χ0v) is 4.37. The molecule has 0 rings (SSSR count). The Hall–Kier alpha value is -0.240. The average molecular weight is 102 g/mol. The van der Waals surface area contributed by atoms with Gasteiger partial charge in [0.2, 0.25) is 0 Å². The topological polar surface area (TPSA) is 17.1 Å². The highest BCUT2D eigenvalue weighted by molar-refractivity contribution is 8.14. The Labute approximate surface area is 41.4 Å². The van der Waals surface area contributed by atoms with Crippen molar-refractivity contribution in [1.29, 1.82) is 0 Å². The van der Waals surface area contributed by atoms with Crippen LogP contribution >= 0.6 is 11.8 Å². The van der Waals surface area contributed by atoms with Gasteiger partial charge in [0, 0.05) is 0 Å². The van der Waals surface area contributed by atoms with Crippen LogP contribution < -0.4 is 0 Å². The van der Waals surface area contributed by atoms with Crippen LogP contribution in [0.3, 0.4) is 0 Å². The van der Waals surface area contributed by atoms with Crippen LogP contribution in [0.5, 0.6) is 0 Å². The molecule has 0 fully saturated rings. The van der Waals surface area contributed by atoms with Crippen LogP contribution in [0.4, 0.5) is 0 Å². The van der Waals surface area contributed by atoms with E-state index in [9.17, 15) is 4.79 Å². The van der Waals surface area contributed by atoms with Crippen molar-refractivity contribution in [2.75, 3.05) is 0 Å². The first-order chi connectivity index (χ1) is 2.91. The largest absolute Gasteiger partial charge is 0.291 e. The molecule has 34 valence electrons. The molecule has 0 aliphatic carbocycles. The second-order valence-corrected chi connectivity index (χ2v) is 1.44. The van der Waals surface area contributed by atoms with E-state index >= 15 is 0 Å². The Kier molecular flexibility index (Phi) is 4.57. The third-order valence-electron chi connectivity index (χ3n) is 0.270. The zero-order valence-electron chi connectivity index (χ0n) is 3.55. The van der Waals surface area contributed by atoms with Crippen molar-refractivity contribution < 1.29 is 4.79 Å². The molecular weight excluding hydrogens is 96.1 g/mol. The van der Waals surface area contributed by atoms with Crippen LogP contribution in [0.1, 0.15) is 6.92 Å². The van der Waals surface area contributed by atoms with Crippen molar-refractivity contribution in [3.05, 3.63) is 11.5 Å². The van der Waals surface area contributed by atoms with E-state index < -0.39 is 0 Å². The molecule has 6 heavy (non-hydrogen) atoms. The van der Waals surface area contributed by atoms with Crippen molar-refractivity contribution in [2.24, 2.45) is 0 Å². The number of carbonyl (C=O) groups is 1. The summed E-state index contributed by atoms with van der Waals surface area (Å²) < 4.78 is 0. The van der Waals surface area contributed by atoms with E-state index in [0.717, 1.165) is 17.4 Å². The van der Waals surface area contributed by atoms with Crippen molar-refractivity contribution in [3.8, 4) is 0 Å². The summed E-state index contributed by atoms with van der Waals surface area (Å²) in [5, 5.41) is 1.73. The Morgan fingerprint density at radius 1 is 1.67 bits per heavy atom. The summed E-state index contributed by atoms with van der Waals surface area (Å²) in [6, 6.07) is 0. The zero-order chi connectivity index (χ0) is 4.83. The summed E-state index contributed by atoms with van der Waals surface area (Å²) in [5.74, 6) is 0. The molecule has 0 heterocycles. The molecule has 0 aromatic carbocycles. The summed E-state index contributed by atoms with van der Waals surface area (Å²) >= 11 is 1.15. The van der Waals surface area contributed by atoms with Crippen LogP contribution in [-0.4, -0.2) is 5.62 Å². The molecular formula is C4H6OS. The second kappa shape index (κ2) is 4.76. The minimum Gasteiger partial charge on any atom is -0.291 e. The third-order valence-corrected chi connectivity index (χ3v) is 0.811. The predicted molar refractivity (Wildman–Crippen MR) is 29.2 cm³/mol. The van der Waals surface area contributed by atoms with Crippen LogP contribution in [0, 0.1) is 0 Å². The molecule has 0 N–H and O–H groups in total. The molecule has 0 saturated carbocycles. The van der Waals surface area contributed by atoms with Crippen molar-refractivity contribution in [3.63, 3.8) is 0 Å². The van der Waals surface area contributed by atoms with Gasteiger partial charge in [-0.05, 0) is 12.3 Å². The van der Waals surface area contributed by atoms with E-state index in [0.29, 0.717) is 0 Å². The smallest absolute Gasteiger partial charge is 0.180 e. The monoisotopic (exact) mass is 102 g/mol. The van der Waals surface area contributed by atoms with Gasteiger partial charge in [-0.15, -0.1) is 0 Å². The van der Waals surface area contributed by atoms with Crippen molar-refractivity contribution in [2.45, 2.75) is 6.92 Å². The summed E-state index contributed by atoms with van der Waals surface area (Å²) in [5.41, 5.74) is 0.792. The highest BCUT2D eigenvalue weighted by Gasteiger charge is 1.62. The molecule has 2 heteroatoms. The normalized spacial score (nSPS) is 9.50. The van der Waals surface area contributed by atoms with Gasteiger partial charge in [0.25, 0.3) is 0 Å². The standard InChI is InChI=1S/C4H6OS/c1-2-3-6-4-5/h2-4H,1H3/b3-2-. The summed E-state index contributed by atoms with van der Waals surface area (Å²) in [6.45, 7) is 1.87. The fourth-order valence-corrected chi connectivity index (χ4v) is 0.332. The van der Waals surface area contributed by atoms with Crippen LogP contribution in [-0.2, 0) is 4.79 Å². The van der Waals surface area contributed by atoms with Gasteiger partial charge in [-0.2, -0.15) is 0 Å². The summed E-state index contributed by atoms with van der Waals surface area (Å²) in [7, 11) is 0. The maximum absolute atomic E-state index is 9.48. The average Bonchev–Trinajstić information content (AvgIpc) is 1.61. The van der Waals surface area contributed by atoms with Gasteiger partial charge in [0.15, 0.2) is 5.62 Å². The lowest BCUT2D eigenvalue weighted by Crippen LogP contribution is -1.47. The van der Waals surface area contributed by atoms with Crippen molar-refractivity contribution >= 4 is 17.4 Å². The first-order valence-electron chi connectivity index (χ1n) is 1.62. The second-order valence-electron chi connectivity index (χ2n) is 0.702. The third kappa shape index (κ3) is 3.76. The lowest BCUT2D eigenvalue weighted by atomic mass is 10.8. The van der Waals surface area contributed by atoms with Gasteiger partial charge in [-0.1, -0.05) is 17.8 Å². The minimum atomic E-state index is 0.792. The van der Waals surface area contributed by atoms with E-state index in [1.807, 2.05) is 13.0 Å². The number of thioether (sulfide) groups is 1. The lowest BCUT2D eigenvalue weighted by molar-refractivity contribution is 0.570. The maximum Gasteiger partial charge on any atom is 0.180 e. The summed E-state index contributed by atoms with van der Waals surface area (Å²) in [6.07, 6.45) is 1.82. The van der Waals surface area contributed by atoms with Gasteiger partial charge in [0.1, 0.15) is 0 Å². The first kappa shape index (κ1) is 5.76. The number of rotatable bonds is 2. The molecule has 0 aliphatic rings. The molecule has 0 spiro atoms. The van der Waals surface area contributed by atoms with Crippen LogP contribution in [0.25, 0.3) is 0 Å². The quantitative estimate of drug-likeness (QED) is 0.491. The Morgan fingerprint density at radius 3 is 2.50 bits per heavy atom. The van der Waals surface area contributed by atoms with Gasteiger partial charge >= 0.3 is 0 Å². The molecule has 0 aliphatic heterocycles. The molecule has 0 atom stereocenters. The minimum absolute atomic E-state index is 0.792. The Balaban J connectivity index is 2.85. The van der Waals surface area contributed by atoms with E-state index in [2.05, 4.69) is 0 Å². The van der Waals surface area contributed by atoms with E-state index in [4.69, 9.17) is 0 Å². The van der Waals surface area contributed by atoms with Gasteiger partial charge in [-0.25, -0.2) is 0 Å². The fraction of sp³-hybridized carbons (Fsp3) is 0.250. The van der Waals surface area contributed by atoms with Crippen LogP contribution in [0.2, 0.25) is 0 Å². The molecule has 0 amide bonds. The summed E-state index contributed by atoms with van der Waals surface area (Å²) in [4.78, 5) is 9.48. The fourth-order valence-electron chi connectivity index (χ4n) is 0.111. The van der Waals surface area contributed by atoms with E-state index in [1.165, 1.54) is 0 Å². The van der Waals surface area contributed by atoms with Gasteiger partial charge < -0.3 is 0 Å². The molecule has 0 aromatic rings. The van der Waals surface area contributed by atoms with Gasteiger partial charge in [-0.3, -0.25) is 4.79 Å². The predicted octanol–water partition coefficient (Wildman–Crippen LogP) is 1.44. The van der Waals surface area contributed by atoms with Crippen LogP contribution in [0.15, 0.2) is 11.5 Å². The molecule has 0 aromatic heterocycles. The van der Waals surface area contributed by atoms with E-state index in [-0.39, 0.29) is 0 Å². The molecule has 0 radical (unpaired) electrons. The number of allylic oxidation sites excluding steroid dienone is 1. The number of hydrogen-bond donors (Lipinski definition) is 0. The maximum atomic E-state index is 9.48.